The molecule has 2 aromatic carbocycles. The van der Waals surface area contributed by atoms with Crippen molar-refractivity contribution >= 4 is 16.0 Å². The molecule has 2 aromatic rings. The van der Waals surface area contributed by atoms with Crippen LogP contribution in [0.3, 0.4) is 0 Å². The number of benzene rings is 2. The summed E-state index contributed by atoms with van der Waals surface area (Å²) in [6, 6.07) is 12.3. The molecule has 2 rings (SSSR count). The van der Waals surface area contributed by atoms with Gasteiger partial charge < -0.3 is 14.2 Å². The third-order valence-electron chi connectivity index (χ3n) is 3.73. The van der Waals surface area contributed by atoms with Gasteiger partial charge in [0, 0.05) is 0 Å². The summed E-state index contributed by atoms with van der Waals surface area (Å²) in [7, 11) is -2.36. The molecule has 0 amide bonds. The fourth-order valence-corrected chi connectivity index (χ4v) is 3.43. The van der Waals surface area contributed by atoms with E-state index in [1.165, 1.54) is 38.3 Å². The molecule has 0 aliphatic rings. The molecule has 1 N–H and O–H groups in total. The molecule has 0 fully saturated rings. The first kappa shape index (κ1) is 20.7. The Morgan fingerprint density at radius 3 is 2.37 bits per heavy atom. The standard InChI is InChI=1S/C19H23NO6S/c1-14-6-4-5-7-18(14)25-12-13-26-19(21)15(2)20-27(22,23)17-10-8-16(24-3)9-11-17/h4-11,15,20H,12-13H2,1-3H3. The summed E-state index contributed by atoms with van der Waals surface area (Å²) >= 11 is 0. The Balaban J connectivity index is 1.82. The summed E-state index contributed by atoms with van der Waals surface area (Å²) in [6.07, 6.45) is 0. The lowest BCUT2D eigenvalue weighted by Crippen LogP contribution is -2.39. The summed E-state index contributed by atoms with van der Waals surface area (Å²) in [6.45, 7) is 3.53. The normalized spacial score (nSPS) is 12.3. The third-order valence-corrected chi connectivity index (χ3v) is 5.29. The summed E-state index contributed by atoms with van der Waals surface area (Å²) in [5, 5.41) is 0. The Labute approximate surface area is 159 Å². The number of rotatable bonds is 9. The van der Waals surface area contributed by atoms with Crippen LogP contribution in [0.1, 0.15) is 12.5 Å². The summed E-state index contributed by atoms with van der Waals surface area (Å²) in [5.41, 5.74) is 0.976. The van der Waals surface area contributed by atoms with Crippen molar-refractivity contribution in [3.63, 3.8) is 0 Å². The van der Waals surface area contributed by atoms with Crippen LogP contribution in [0.25, 0.3) is 0 Å². The fraction of sp³-hybridized carbons (Fsp3) is 0.316. The maximum Gasteiger partial charge on any atom is 0.324 e. The molecule has 0 aromatic heterocycles. The zero-order chi connectivity index (χ0) is 19.9. The van der Waals surface area contributed by atoms with Gasteiger partial charge in [-0.15, -0.1) is 0 Å². The van der Waals surface area contributed by atoms with E-state index < -0.39 is 22.0 Å². The zero-order valence-electron chi connectivity index (χ0n) is 15.5. The van der Waals surface area contributed by atoms with Crippen LogP contribution in [0.5, 0.6) is 11.5 Å². The minimum Gasteiger partial charge on any atom is -0.497 e. The van der Waals surface area contributed by atoms with Gasteiger partial charge in [0.2, 0.25) is 10.0 Å². The van der Waals surface area contributed by atoms with E-state index in [9.17, 15) is 13.2 Å². The van der Waals surface area contributed by atoms with Crippen molar-refractivity contribution < 1.29 is 27.4 Å². The summed E-state index contributed by atoms with van der Waals surface area (Å²) < 4.78 is 42.5. The van der Waals surface area contributed by atoms with Crippen molar-refractivity contribution in [3.05, 3.63) is 54.1 Å². The zero-order valence-corrected chi connectivity index (χ0v) is 16.3. The first-order valence-corrected chi connectivity index (χ1v) is 9.83. The van der Waals surface area contributed by atoms with Gasteiger partial charge in [-0.2, -0.15) is 4.72 Å². The molecule has 146 valence electrons. The topological polar surface area (TPSA) is 90.9 Å². The number of carbonyl (C=O) groups excluding carboxylic acids is 1. The second-order valence-corrected chi connectivity index (χ2v) is 7.51. The number of ether oxygens (including phenoxy) is 3. The van der Waals surface area contributed by atoms with Gasteiger partial charge >= 0.3 is 5.97 Å². The molecule has 0 spiro atoms. The van der Waals surface area contributed by atoms with Crippen molar-refractivity contribution in [2.45, 2.75) is 24.8 Å². The predicted molar refractivity (Wildman–Crippen MR) is 100 cm³/mol. The fourth-order valence-electron chi connectivity index (χ4n) is 2.24. The predicted octanol–water partition coefficient (Wildman–Crippen LogP) is 2.29. The van der Waals surface area contributed by atoms with Crippen LogP contribution in [-0.2, 0) is 19.6 Å². The molecule has 0 radical (unpaired) electrons. The lowest BCUT2D eigenvalue weighted by atomic mass is 10.2. The highest BCUT2D eigenvalue weighted by Crippen LogP contribution is 2.16. The molecule has 1 atom stereocenters. The van der Waals surface area contributed by atoms with E-state index in [1.54, 1.807) is 0 Å². The maximum atomic E-state index is 12.3. The molecular weight excluding hydrogens is 370 g/mol. The van der Waals surface area contributed by atoms with E-state index in [-0.39, 0.29) is 18.1 Å². The van der Waals surface area contributed by atoms with E-state index in [4.69, 9.17) is 14.2 Å². The number of sulfonamides is 1. The minimum absolute atomic E-state index is 0.0156. The summed E-state index contributed by atoms with van der Waals surface area (Å²) in [4.78, 5) is 12.0. The molecule has 0 bridgehead atoms. The van der Waals surface area contributed by atoms with Gasteiger partial charge in [-0.1, -0.05) is 18.2 Å². The number of methoxy groups -OCH3 is 1. The van der Waals surface area contributed by atoms with Crippen LogP contribution in [0.15, 0.2) is 53.4 Å². The minimum atomic E-state index is -3.85. The van der Waals surface area contributed by atoms with Crippen LogP contribution in [0, 0.1) is 6.92 Å². The number of esters is 1. The van der Waals surface area contributed by atoms with Crippen molar-refractivity contribution in [3.8, 4) is 11.5 Å². The Morgan fingerprint density at radius 2 is 1.74 bits per heavy atom. The molecular formula is C19H23NO6S. The first-order valence-electron chi connectivity index (χ1n) is 8.35. The average Bonchev–Trinajstić information content (AvgIpc) is 2.66. The van der Waals surface area contributed by atoms with Crippen molar-refractivity contribution in [2.24, 2.45) is 0 Å². The number of hydrogen-bond acceptors (Lipinski definition) is 6. The number of para-hydroxylation sites is 1. The van der Waals surface area contributed by atoms with E-state index in [0.717, 1.165) is 5.56 Å². The second kappa shape index (κ2) is 9.38. The molecule has 27 heavy (non-hydrogen) atoms. The third kappa shape index (κ3) is 5.97. The lowest BCUT2D eigenvalue weighted by Gasteiger charge is -2.14. The number of hydrogen-bond donors (Lipinski definition) is 1. The van der Waals surface area contributed by atoms with Gasteiger partial charge in [-0.3, -0.25) is 4.79 Å². The molecule has 0 aliphatic heterocycles. The maximum absolute atomic E-state index is 12.3. The van der Waals surface area contributed by atoms with Crippen molar-refractivity contribution in [1.29, 1.82) is 0 Å². The Morgan fingerprint density at radius 1 is 1.07 bits per heavy atom. The second-order valence-electron chi connectivity index (χ2n) is 5.80. The largest absolute Gasteiger partial charge is 0.497 e. The van der Waals surface area contributed by atoms with Crippen molar-refractivity contribution in [1.82, 2.24) is 4.72 Å². The number of nitrogens with one attached hydrogen (secondary N) is 1. The SMILES string of the molecule is COc1ccc(S(=O)(=O)NC(C)C(=O)OCCOc2ccccc2C)cc1. The highest BCUT2D eigenvalue weighted by atomic mass is 32.2. The quantitative estimate of drug-likeness (QED) is 0.519. The van der Waals surface area contributed by atoms with E-state index in [2.05, 4.69) is 4.72 Å². The number of carbonyl (C=O) groups is 1. The molecule has 8 heteroatoms. The van der Waals surface area contributed by atoms with E-state index in [1.807, 2.05) is 31.2 Å². The molecule has 7 nitrogen and oxygen atoms in total. The van der Waals surface area contributed by atoms with Gasteiger partial charge in [-0.25, -0.2) is 8.42 Å². The molecule has 0 saturated heterocycles. The van der Waals surface area contributed by atoms with Crippen LogP contribution in [0.4, 0.5) is 0 Å². The van der Waals surface area contributed by atoms with Gasteiger partial charge in [0.15, 0.2) is 0 Å². The van der Waals surface area contributed by atoms with Gasteiger partial charge in [0.25, 0.3) is 0 Å². The van der Waals surface area contributed by atoms with E-state index >= 15 is 0 Å². The Bertz CT molecular complexity index is 864. The average molecular weight is 393 g/mol. The highest BCUT2D eigenvalue weighted by Gasteiger charge is 2.23. The first-order chi connectivity index (χ1) is 12.8. The Hall–Kier alpha value is -2.58. The Kier molecular flexibility index (Phi) is 7.20. The van der Waals surface area contributed by atoms with Crippen LogP contribution in [0.2, 0.25) is 0 Å². The number of aryl methyl sites for hydroxylation is 1. The molecule has 0 heterocycles. The molecule has 0 aliphatic carbocycles. The van der Waals surface area contributed by atoms with Gasteiger partial charge in [-0.05, 0) is 49.7 Å². The van der Waals surface area contributed by atoms with E-state index in [0.29, 0.717) is 11.5 Å². The lowest BCUT2D eigenvalue weighted by molar-refractivity contribution is -0.145. The van der Waals surface area contributed by atoms with Crippen LogP contribution >= 0.6 is 0 Å². The van der Waals surface area contributed by atoms with Crippen LogP contribution < -0.4 is 14.2 Å². The summed E-state index contributed by atoms with van der Waals surface area (Å²) in [5.74, 6) is 0.567. The van der Waals surface area contributed by atoms with Gasteiger partial charge in [0.05, 0.1) is 12.0 Å². The monoisotopic (exact) mass is 393 g/mol. The highest BCUT2D eigenvalue weighted by molar-refractivity contribution is 7.89. The molecule has 0 saturated carbocycles. The smallest absolute Gasteiger partial charge is 0.324 e. The van der Waals surface area contributed by atoms with Crippen LogP contribution in [-0.4, -0.2) is 40.8 Å². The van der Waals surface area contributed by atoms with Gasteiger partial charge in [0.1, 0.15) is 30.8 Å². The molecule has 1 unspecified atom stereocenters. The van der Waals surface area contributed by atoms with Crippen molar-refractivity contribution in [2.75, 3.05) is 20.3 Å².